The number of aromatic amines is 1. The maximum Gasteiger partial charge on any atom is 0.281 e. The number of amides is 2. The summed E-state index contributed by atoms with van der Waals surface area (Å²) in [5, 5.41) is 11.1. The van der Waals surface area contributed by atoms with Crippen molar-refractivity contribution >= 4 is 51.4 Å². The molecule has 206 valence electrons. The number of aromatic nitrogens is 2. The normalized spacial score (nSPS) is 24.2. The van der Waals surface area contributed by atoms with Crippen molar-refractivity contribution in [1.82, 2.24) is 30.8 Å². The zero-order valence-electron chi connectivity index (χ0n) is 21.9. The van der Waals surface area contributed by atoms with Crippen molar-refractivity contribution in [2.45, 2.75) is 49.4 Å². The number of nitrogens with zero attached hydrogens (tertiary/aromatic N) is 2. The standard InChI is InChI=1S/C27H31ClN6O4S/c1-34-10-6-18-20(13-34)39-24(31-18)23(36)33-27(25(37)26(38-2)7-8-26)14-29-9-5-21(27)32-22(35)19-12-15-11-16(28)3-4-17(15)30-19/h3-4,11-12,21,29-30H,5-10,13-14H2,1-2H3,(H,32,35)(H,33,36)/t21-,27+/m0/s1. The van der Waals surface area contributed by atoms with Gasteiger partial charge < -0.3 is 30.6 Å². The van der Waals surface area contributed by atoms with Crippen LogP contribution >= 0.6 is 22.9 Å². The third-order valence-corrected chi connectivity index (χ3v) is 9.42. The number of methoxy groups -OCH3 is 1. The van der Waals surface area contributed by atoms with Gasteiger partial charge in [0.25, 0.3) is 11.8 Å². The number of benzene rings is 1. The number of hydrogen-bond acceptors (Lipinski definition) is 8. The van der Waals surface area contributed by atoms with Crippen molar-refractivity contribution in [3.8, 4) is 0 Å². The lowest BCUT2D eigenvalue weighted by Crippen LogP contribution is -2.75. The molecule has 0 spiro atoms. The number of thiazole rings is 1. The Hall–Kier alpha value is -2.83. The number of hydrogen-bond donors (Lipinski definition) is 4. The number of ether oxygens (including phenoxy) is 1. The molecule has 1 saturated heterocycles. The van der Waals surface area contributed by atoms with Gasteiger partial charge in [-0.25, -0.2) is 4.98 Å². The molecule has 0 radical (unpaired) electrons. The van der Waals surface area contributed by atoms with Crippen LogP contribution in [-0.2, 0) is 22.5 Å². The Morgan fingerprint density at radius 2 is 2.05 bits per heavy atom. The van der Waals surface area contributed by atoms with Crippen LogP contribution in [-0.4, -0.2) is 83.4 Å². The summed E-state index contributed by atoms with van der Waals surface area (Å²) < 4.78 is 5.66. The second-order valence-electron chi connectivity index (χ2n) is 10.7. The lowest BCUT2D eigenvalue weighted by atomic mass is 9.77. The van der Waals surface area contributed by atoms with Gasteiger partial charge in [0, 0.05) is 54.0 Å². The molecule has 2 aromatic heterocycles. The van der Waals surface area contributed by atoms with Crippen molar-refractivity contribution in [2.24, 2.45) is 0 Å². The molecule has 4 heterocycles. The van der Waals surface area contributed by atoms with Crippen LogP contribution in [0.2, 0.25) is 5.02 Å². The van der Waals surface area contributed by atoms with Gasteiger partial charge in [-0.3, -0.25) is 14.4 Å². The van der Waals surface area contributed by atoms with Crippen LogP contribution in [0.1, 0.15) is 50.1 Å². The summed E-state index contributed by atoms with van der Waals surface area (Å²) in [6, 6.07) is 6.42. The van der Waals surface area contributed by atoms with Crippen LogP contribution < -0.4 is 16.0 Å². The molecule has 3 aliphatic rings. The van der Waals surface area contributed by atoms with Gasteiger partial charge in [0.05, 0.1) is 11.7 Å². The SMILES string of the molecule is COC1(C(=O)[C@@]2(NC(=O)c3nc4c(s3)CN(C)CC4)CNCC[C@@H]2NC(=O)c2cc3cc(Cl)ccc3[nH]2)CC1. The summed E-state index contributed by atoms with van der Waals surface area (Å²) in [6.45, 7) is 2.38. The molecule has 1 aromatic carbocycles. The van der Waals surface area contributed by atoms with E-state index < -0.39 is 23.1 Å². The van der Waals surface area contributed by atoms with Crippen molar-refractivity contribution in [2.75, 3.05) is 33.8 Å². The van der Waals surface area contributed by atoms with Crippen LogP contribution in [0.5, 0.6) is 0 Å². The largest absolute Gasteiger partial charge is 0.370 e. The molecule has 0 unspecified atom stereocenters. The fraction of sp³-hybridized carbons (Fsp3) is 0.481. The number of H-pyrrole nitrogens is 1. The third-order valence-electron chi connectivity index (χ3n) is 8.11. The van der Waals surface area contributed by atoms with E-state index >= 15 is 0 Å². The van der Waals surface area contributed by atoms with E-state index in [1.54, 1.807) is 18.2 Å². The van der Waals surface area contributed by atoms with Gasteiger partial charge in [0.15, 0.2) is 10.8 Å². The van der Waals surface area contributed by atoms with Gasteiger partial charge in [-0.05, 0) is 57.1 Å². The van der Waals surface area contributed by atoms with Crippen LogP contribution in [0.4, 0.5) is 0 Å². The fourth-order valence-corrected chi connectivity index (χ4v) is 6.97. The lowest BCUT2D eigenvalue weighted by molar-refractivity contribution is -0.139. The Balaban J connectivity index is 1.31. The summed E-state index contributed by atoms with van der Waals surface area (Å²) >= 11 is 7.48. The molecule has 0 bridgehead atoms. The lowest BCUT2D eigenvalue weighted by Gasteiger charge is -2.45. The van der Waals surface area contributed by atoms with Crippen LogP contribution in [0.15, 0.2) is 24.3 Å². The smallest absolute Gasteiger partial charge is 0.281 e. The maximum atomic E-state index is 14.2. The Morgan fingerprint density at radius 3 is 2.82 bits per heavy atom. The minimum Gasteiger partial charge on any atom is -0.370 e. The maximum absolute atomic E-state index is 14.2. The summed E-state index contributed by atoms with van der Waals surface area (Å²) in [6.07, 6.45) is 2.37. The first kappa shape index (κ1) is 26.4. The highest BCUT2D eigenvalue weighted by Crippen LogP contribution is 2.44. The summed E-state index contributed by atoms with van der Waals surface area (Å²) in [5.74, 6) is -1.01. The number of fused-ring (bicyclic) bond motifs is 2. The van der Waals surface area contributed by atoms with Crippen molar-refractivity contribution < 1.29 is 19.1 Å². The molecule has 1 saturated carbocycles. The minimum atomic E-state index is -1.41. The highest BCUT2D eigenvalue weighted by molar-refractivity contribution is 7.13. The van der Waals surface area contributed by atoms with E-state index in [1.165, 1.54) is 18.4 Å². The zero-order valence-corrected chi connectivity index (χ0v) is 23.4. The predicted octanol–water partition coefficient (Wildman–Crippen LogP) is 2.27. The molecule has 2 atom stereocenters. The van der Waals surface area contributed by atoms with E-state index in [-0.39, 0.29) is 18.2 Å². The molecular weight excluding hydrogens is 540 g/mol. The second-order valence-corrected chi connectivity index (χ2v) is 12.3. The number of Topliss-reactive ketones (excluding diaryl/α,β-unsaturated/α-hetero) is 1. The average molecular weight is 571 g/mol. The number of rotatable bonds is 7. The summed E-state index contributed by atoms with van der Waals surface area (Å²) in [7, 11) is 3.56. The van der Waals surface area contributed by atoms with Crippen molar-refractivity contribution in [3.05, 3.63) is 50.6 Å². The summed E-state index contributed by atoms with van der Waals surface area (Å²) in [5.41, 5.74) is -0.318. The number of halogens is 1. The molecule has 12 heteroatoms. The number of piperidine rings is 1. The Morgan fingerprint density at radius 1 is 1.23 bits per heavy atom. The second kappa shape index (κ2) is 9.97. The van der Waals surface area contributed by atoms with Gasteiger partial charge in [0.2, 0.25) is 0 Å². The van der Waals surface area contributed by atoms with Crippen LogP contribution in [0.25, 0.3) is 10.9 Å². The van der Waals surface area contributed by atoms with Gasteiger partial charge in [-0.15, -0.1) is 11.3 Å². The Kier molecular flexibility index (Phi) is 6.75. The molecule has 39 heavy (non-hydrogen) atoms. The molecule has 1 aliphatic carbocycles. The van der Waals surface area contributed by atoms with Crippen LogP contribution in [0.3, 0.4) is 0 Å². The number of likely N-dealkylation sites (N-methyl/N-ethyl adjacent to an activating group) is 1. The molecule has 2 amide bonds. The van der Waals surface area contributed by atoms with Crippen molar-refractivity contribution in [1.29, 1.82) is 0 Å². The fourth-order valence-electron chi connectivity index (χ4n) is 5.71. The number of nitrogens with one attached hydrogen (secondary N) is 4. The summed E-state index contributed by atoms with van der Waals surface area (Å²) in [4.78, 5) is 52.3. The average Bonchev–Trinajstić information content (AvgIpc) is 3.42. The molecule has 10 nitrogen and oxygen atoms in total. The highest BCUT2D eigenvalue weighted by atomic mass is 35.5. The van der Waals surface area contributed by atoms with E-state index in [0.29, 0.717) is 41.5 Å². The van der Waals surface area contributed by atoms with Gasteiger partial charge in [-0.2, -0.15) is 0 Å². The Labute approximate surface area is 234 Å². The first-order valence-electron chi connectivity index (χ1n) is 13.1. The minimum absolute atomic E-state index is 0.170. The molecule has 2 fully saturated rings. The first-order valence-corrected chi connectivity index (χ1v) is 14.3. The van der Waals surface area contributed by atoms with Gasteiger partial charge in [0.1, 0.15) is 16.8 Å². The monoisotopic (exact) mass is 570 g/mol. The van der Waals surface area contributed by atoms with Gasteiger partial charge >= 0.3 is 0 Å². The quantitative estimate of drug-likeness (QED) is 0.343. The number of carbonyl (C=O) groups excluding carboxylic acids is 3. The molecule has 6 rings (SSSR count). The molecule has 2 aliphatic heterocycles. The van der Waals surface area contributed by atoms with E-state index in [9.17, 15) is 14.4 Å². The Bertz CT molecular complexity index is 1470. The number of ketones is 1. The van der Waals surface area contributed by atoms with E-state index in [2.05, 4.69) is 30.8 Å². The number of carbonyl (C=O) groups is 3. The van der Waals surface area contributed by atoms with E-state index in [1.807, 2.05) is 13.1 Å². The molecule has 4 N–H and O–H groups in total. The predicted molar refractivity (Wildman–Crippen MR) is 148 cm³/mol. The topological polar surface area (TPSA) is 128 Å². The highest BCUT2D eigenvalue weighted by Gasteiger charge is 2.62. The zero-order chi connectivity index (χ0) is 27.4. The molecular formula is C27H31ClN6O4S. The third kappa shape index (κ3) is 4.76. The van der Waals surface area contributed by atoms with Crippen LogP contribution in [0, 0.1) is 0 Å². The van der Waals surface area contributed by atoms with E-state index in [0.717, 1.165) is 41.0 Å². The van der Waals surface area contributed by atoms with Gasteiger partial charge in [-0.1, -0.05) is 11.6 Å². The van der Waals surface area contributed by atoms with Crippen molar-refractivity contribution in [3.63, 3.8) is 0 Å². The molecule has 3 aromatic rings. The van der Waals surface area contributed by atoms with E-state index in [4.69, 9.17) is 16.3 Å². The first-order chi connectivity index (χ1) is 18.7.